The van der Waals surface area contributed by atoms with Gasteiger partial charge in [0.2, 0.25) is 0 Å². The van der Waals surface area contributed by atoms with Crippen LogP contribution in [0.1, 0.15) is 18.2 Å². The van der Waals surface area contributed by atoms with Crippen LogP contribution in [0.15, 0.2) is 42.7 Å². The molecule has 0 spiro atoms. The Kier molecular flexibility index (Phi) is 4.42. The highest BCUT2D eigenvalue weighted by atomic mass is 16.5. The first-order valence-electron chi connectivity index (χ1n) is 8.67. The molecule has 3 aromatic rings. The fourth-order valence-corrected chi connectivity index (χ4v) is 3.18. The van der Waals surface area contributed by atoms with Gasteiger partial charge in [-0.25, -0.2) is 9.97 Å². The Hall–Kier alpha value is -3.11. The molecule has 7 heteroatoms. The number of hydrogen-bond donors (Lipinski definition) is 1. The maximum Gasteiger partial charge on any atom is 0.168 e. The van der Waals surface area contributed by atoms with Crippen molar-refractivity contribution in [1.29, 1.82) is 5.26 Å². The maximum absolute atomic E-state index is 9.46. The summed E-state index contributed by atoms with van der Waals surface area (Å²) in [6.45, 7) is 5.06. The van der Waals surface area contributed by atoms with Gasteiger partial charge in [-0.05, 0) is 36.8 Å². The number of nitrogens with one attached hydrogen (secondary N) is 1. The van der Waals surface area contributed by atoms with E-state index in [1.54, 1.807) is 4.40 Å². The number of fused-ring (bicyclic) bond motifs is 1. The zero-order chi connectivity index (χ0) is 17.9. The topological polar surface area (TPSA) is 78.5 Å². The van der Waals surface area contributed by atoms with Crippen LogP contribution in [0.4, 0.5) is 11.6 Å². The van der Waals surface area contributed by atoms with Crippen molar-refractivity contribution in [3.63, 3.8) is 0 Å². The van der Waals surface area contributed by atoms with E-state index >= 15 is 0 Å². The molecular weight excluding hydrogens is 328 g/mol. The fourth-order valence-electron chi connectivity index (χ4n) is 3.18. The number of anilines is 2. The molecule has 0 aliphatic carbocycles. The van der Waals surface area contributed by atoms with Gasteiger partial charge in [-0.2, -0.15) is 5.26 Å². The molecule has 26 heavy (non-hydrogen) atoms. The minimum absolute atomic E-state index is 0.212. The quantitative estimate of drug-likeness (QED) is 0.780. The van der Waals surface area contributed by atoms with Crippen LogP contribution in [0.3, 0.4) is 0 Å². The molecule has 7 nitrogen and oxygen atoms in total. The third-order valence-electron chi connectivity index (χ3n) is 4.47. The Morgan fingerprint density at radius 3 is 3.15 bits per heavy atom. The maximum atomic E-state index is 9.46. The Morgan fingerprint density at radius 2 is 2.31 bits per heavy atom. The van der Waals surface area contributed by atoms with Crippen LogP contribution in [0.5, 0.6) is 0 Å². The molecule has 1 atom stereocenters. The molecule has 0 bridgehead atoms. The minimum atomic E-state index is 0.212. The van der Waals surface area contributed by atoms with Gasteiger partial charge in [-0.1, -0.05) is 6.07 Å². The summed E-state index contributed by atoms with van der Waals surface area (Å²) in [6.07, 6.45) is 3.88. The van der Waals surface area contributed by atoms with E-state index in [0.29, 0.717) is 18.1 Å². The first kappa shape index (κ1) is 16.4. The molecule has 1 fully saturated rings. The fraction of sp³-hybridized carbons (Fsp3) is 0.316. The Balaban J connectivity index is 1.52. The van der Waals surface area contributed by atoms with E-state index in [2.05, 4.69) is 39.2 Å². The Bertz CT molecular complexity index is 960. The van der Waals surface area contributed by atoms with Crippen molar-refractivity contribution in [1.82, 2.24) is 14.4 Å². The van der Waals surface area contributed by atoms with Crippen molar-refractivity contribution in [2.45, 2.75) is 19.6 Å². The number of imidazole rings is 1. The molecule has 0 radical (unpaired) electrons. The van der Waals surface area contributed by atoms with Crippen LogP contribution in [-0.4, -0.2) is 40.2 Å². The summed E-state index contributed by atoms with van der Waals surface area (Å²) >= 11 is 0. The molecule has 132 valence electrons. The van der Waals surface area contributed by atoms with Crippen LogP contribution in [0.2, 0.25) is 0 Å². The summed E-state index contributed by atoms with van der Waals surface area (Å²) in [5.74, 6) is 1.55. The lowest BCUT2D eigenvalue weighted by Gasteiger charge is -2.32. The zero-order valence-electron chi connectivity index (χ0n) is 14.6. The lowest BCUT2D eigenvalue weighted by molar-refractivity contribution is 0.0529. The predicted molar refractivity (Wildman–Crippen MR) is 99.1 cm³/mol. The van der Waals surface area contributed by atoms with Gasteiger partial charge >= 0.3 is 0 Å². The largest absolute Gasteiger partial charge is 0.375 e. The number of pyridine rings is 2. The summed E-state index contributed by atoms with van der Waals surface area (Å²) < 4.78 is 7.38. The third kappa shape index (κ3) is 3.19. The van der Waals surface area contributed by atoms with E-state index in [0.717, 1.165) is 36.7 Å². The second-order valence-corrected chi connectivity index (χ2v) is 6.35. The molecule has 1 N–H and O–H groups in total. The number of rotatable bonds is 4. The van der Waals surface area contributed by atoms with Crippen molar-refractivity contribution in [2.24, 2.45) is 0 Å². The average Bonchev–Trinajstić information content (AvgIpc) is 3.04. The number of hydrogen-bond acceptors (Lipinski definition) is 6. The smallest absolute Gasteiger partial charge is 0.168 e. The van der Waals surface area contributed by atoms with E-state index in [1.807, 2.05) is 36.7 Å². The molecule has 3 aromatic heterocycles. The van der Waals surface area contributed by atoms with Crippen LogP contribution in [-0.2, 0) is 11.3 Å². The highest BCUT2D eigenvalue weighted by Crippen LogP contribution is 2.20. The van der Waals surface area contributed by atoms with E-state index < -0.39 is 0 Å². The van der Waals surface area contributed by atoms with E-state index in [1.165, 1.54) is 0 Å². The number of aromatic nitrogens is 3. The van der Waals surface area contributed by atoms with Gasteiger partial charge < -0.3 is 15.0 Å². The van der Waals surface area contributed by atoms with Crippen LogP contribution < -0.4 is 10.2 Å². The number of nitrogens with zero attached hydrogens (tertiary/aromatic N) is 5. The van der Waals surface area contributed by atoms with E-state index in [9.17, 15) is 5.26 Å². The average molecular weight is 348 g/mol. The molecular formula is C19H20N6O. The Labute approximate surface area is 151 Å². The molecule has 4 heterocycles. The first-order valence-corrected chi connectivity index (χ1v) is 8.67. The molecule has 0 aromatic carbocycles. The highest BCUT2D eigenvalue weighted by molar-refractivity contribution is 5.59. The van der Waals surface area contributed by atoms with Gasteiger partial charge in [-0.3, -0.25) is 4.40 Å². The molecule has 4 rings (SSSR count). The zero-order valence-corrected chi connectivity index (χ0v) is 14.6. The van der Waals surface area contributed by atoms with Crippen molar-refractivity contribution in [3.8, 4) is 6.07 Å². The summed E-state index contributed by atoms with van der Waals surface area (Å²) in [5, 5.41) is 12.7. The van der Waals surface area contributed by atoms with Crippen LogP contribution in [0.25, 0.3) is 5.65 Å². The molecule has 0 amide bonds. The molecule has 1 aliphatic heterocycles. The normalized spacial score (nSPS) is 17.2. The van der Waals surface area contributed by atoms with Gasteiger partial charge in [0.15, 0.2) is 11.5 Å². The standard InChI is InChI=1S/C19H20N6O/c1-14-13-24(8-9-26-14)18-10-15(5-6-21-18)12-22-19-16(11-20)25-7-3-2-4-17(25)23-19/h2-7,10,14,22H,8-9,12-13H2,1H3/t14-/m0/s1. The van der Waals surface area contributed by atoms with E-state index in [4.69, 9.17) is 4.74 Å². The van der Waals surface area contributed by atoms with Gasteiger partial charge in [-0.15, -0.1) is 0 Å². The second kappa shape index (κ2) is 7.02. The molecule has 1 saturated heterocycles. The summed E-state index contributed by atoms with van der Waals surface area (Å²) in [7, 11) is 0. The third-order valence-corrected chi connectivity index (χ3v) is 4.47. The first-order chi connectivity index (χ1) is 12.7. The molecule has 0 unspecified atom stereocenters. The van der Waals surface area contributed by atoms with Gasteiger partial charge in [0, 0.05) is 32.0 Å². The predicted octanol–water partition coefficient (Wildman–Crippen LogP) is 2.44. The molecule has 1 aliphatic rings. The monoisotopic (exact) mass is 348 g/mol. The van der Waals surface area contributed by atoms with Crippen molar-refractivity contribution in [2.75, 3.05) is 29.9 Å². The van der Waals surface area contributed by atoms with Gasteiger partial charge in [0.25, 0.3) is 0 Å². The van der Waals surface area contributed by atoms with Gasteiger partial charge in [0.1, 0.15) is 17.5 Å². The number of morpholine rings is 1. The summed E-state index contributed by atoms with van der Waals surface area (Å²) in [6, 6.07) is 12.0. The highest BCUT2D eigenvalue weighted by Gasteiger charge is 2.18. The molecule has 0 saturated carbocycles. The minimum Gasteiger partial charge on any atom is -0.375 e. The second-order valence-electron chi connectivity index (χ2n) is 6.35. The van der Waals surface area contributed by atoms with Crippen LogP contribution in [0, 0.1) is 11.3 Å². The van der Waals surface area contributed by atoms with Crippen molar-refractivity contribution < 1.29 is 4.74 Å². The Morgan fingerprint density at radius 1 is 1.38 bits per heavy atom. The van der Waals surface area contributed by atoms with Crippen molar-refractivity contribution >= 4 is 17.3 Å². The summed E-state index contributed by atoms with van der Waals surface area (Å²) in [5.41, 5.74) is 2.36. The summed E-state index contributed by atoms with van der Waals surface area (Å²) in [4.78, 5) is 11.2. The van der Waals surface area contributed by atoms with Crippen LogP contribution >= 0.6 is 0 Å². The number of nitriles is 1. The SMILES string of the molecule is C[C@H]1CN(c2cc(CNc3nc4ccccn4c3C#N)ccn2)CCO1. The van der Waals surface area contributed by atoms with E-state index in [-0.39, 0.29) is 6.10 Å². The van der Waals surface area contributed by atoms with Crippen molar-refractivity contribution in [3.05, 3.63) is 54.0 Å². The lowest BCUT2D eigenvalue weighted by atomic mass is 10.2. The van der Waals surface area contributed by atoms with Gasteiger partial charge in [0.05, 0.1) is 12.7 Å². The lowest BCUT2D eigenvalue weighted by Crippen LogP contribution is -2.41. The number of ether oxygens (including phenoxy) is 1.